The van der Waals surface area contributed by atoms with Crippen molar-refractivity contribution in [3.05, 3.63) is 23.8 Å². The number of sulfonamides is 1. The first-order valence-electron chi connectivity index (χ1n) is 6.87. The molecule has 0 bridgehead atoms. The van der Waals surface area contributed by atoms with E-state index in [0.29, 0.717) is 30.5 Å². The second-order valence-corrected chi connectivity index (χ2v) is 6.62. The van der Waals surface area contributed by atoms with Crippen molar-refractivity contribution in [1.82, 2.24) is 4.72 Å². The SMILES string of the molecule is CCc1ccc(N)cc1S(=O)(=O)NC(CC)(CC)CO. The predicted octanol–water partition coefficient (Wildman–Crippen LogP) is 1.66. The first kappa shape index (κ1) is 16.9. The number of hydrogen-bond acceptors (Lipinski definition) is 4. The quantitative estimate of drug-likeness (QED) is 0.668. The minimum absolute atomic E-state index is 0.194. The minimum Gasteiger partial charge on any atom is -0.399 e. The van der Waals surface area contributed by atoms with E-state index in [0.717, 1.165) is 0 Å². The number of nitrogens with one attached hydrogen (secondary N) is 1. The second-order valence-electron chi connectivity index (χ2n) is 4.97. The third-order valence-corrected chi connectivity index (χ3v) is 5.43. The predicted molar refractivity (Wildman–Crippen MR) is 81.0 cm³/mol. The molecular weight excluding hydrogens is 276 g/mol. The van der Waals surface area contributed by atoms with Gasteiger partial charge in [-0.3, -0.25) is 0 Å². The fourth-order valence-corrected chi connectivity index (χ4v) is 3.99. The van der Waals surface area contributed by atoms with Crippen LogP contribution in [-0.4, -0.2) is 25.7 Å². The number of benzene rings is 1. The molecule has 1 rings (SSSR count). The van der Waals surface area contributed by atoms with Crippen LogP contribution in [0.4, 0.5) is 5.69 Å². The molecule has 0 fully saturated rings. The van der Waals surface area contributed by atoms with E-state index in [1.54, 1.807) is 12.1 Å². The van der Waals surface area contributed by atoms with Crippen LogP contribution in [-0.2, 0) is 16.4 Å². The Morgan fingerprint density at radius 2 is 1.85 bits per heavy atom. The van der Waals surface area contributed by atoms with Crippen LogP contribution in [0.5, 0.6) is 0 Å². The van der Waals surface area contributed by atoms with Crippen LogP contribution >= 0.6 is 0 Å². The molecule has 0 aromatic heterocycles. The largest absolute Gasteiger partial charge is 0.399 e. The summed E-state index contributed by atoms with van der Waals surface area (Å²) >= 11 is 0. The van der Waals surface area contributed by atoms with Crippen molar-refractivity contribution in [1.29, 1.82) is 0 Å². The van der Waals surface area contributed by atoms with Gasteiger partial charge < -0.3 is 10.8 Å². The minimum atomic E-state index is -3.71. The van der Waals surface area contributed by atoms with Crippen molar-refractivity contribution < 1.29 is 13.5 Å². The van der Waals surface area contributed by atoms with Crippen molar-refractivity contribution in [2.45, 2.75) is 50.5 Å². The van der Waals surface area contributed by atoms with E-state index in [9.17, 15) is 13.5 Å². The van der Waals surface area contributed by atoms with Crippen molar-refractivity contribution in [3.8, 4) is 0 Å². The van der Waals surface area contributed by atoms with Gasteiger partial charge in [-0.15, -0.1) is 0 Å². The van der Waals surface area contributed by atoms with Gasteiger partial charge in [0, 0.05) is 5.69 Å². The van der Waals surface area contributed by atoms with Crippen LogP contribution in [0.15, 0.2) is 23.1 Å². The fourth-order valence-electron chi connectivity index (χ4n) is 2.10. The summed E-state index contributed by atoms with van der Waals surface area (Å²) in [5.41, 5.74) is 5.99. The standard InChI is InChI=1S/C14H24N2O3S/c1-4-11-7-8-12(15)9-13(11)20(18,19)16-14(5-2,6-3)10-17/h7-9,16-17H,4-6,10,15H2,1-3H3. The lowest BCUT2D eigenvalue weighted by molar-refractivity contribution is 0.172. The lowest BCUT2D eigenvalue weighted by Gasteiger charge is -2.30. The van der Waals surface area contributed by atoms with Crippen LogP contribution in [0.3, 0.4) is 0 Å². The molecule has 20 heavy (non-hydrogen) atoms. The van der Waals surface area contributed by atoms with Crippen molar-refractivity contribution in [2.24, 2.45) is 0 Å². The number of aryl methyl sites for hydroxylation is 1. The molecule has 0 amide bonds. The monoisotopic (exact) mass is 300 g/mol. The Labute approximate surface area is 121 Å². The van der Waals surface area contributed by atoms with Crippen LogP contribution in [0.2, 0.25) is 0 Å². The van der Waals surface area contributed by atoms with Crippen LogP contribution in [0.25, 0.3) is 0 Å². The molecule has 0 aliphatic heterocycles. The molecule has 114 valence electrons. The van der Waals surface area contributed by atoms with Crippen molar-refractivity contribution in [2.75, 3.05) is 12.3 Å². The van der Waals surface area contributed by atoms with Crippen LogP contribution in [0.1, 0.15) is 39.2 Å². The van der Waals surface area contributed by atoms with Gasteiger partial charge in [-0.1, -0.05) is 26.8 Å². The lowest BCUT2D eigenvalue weighted by Crippen LogP contribution is -2.50. The average molecular weight is 300 g/mol. The summed E-state index contributed by atoms with van der Waals surface area (Å²) < 4.78 is 27.8. The van der Waals surface area contributed by atoms with Crippen LogP contribution in [0, 0.1) is 0 Å². The molecule has 0 aliphatic rings. The van der Waals surface area contributed by atoms with Gasteiger partial charge in [0.25, 0.3) is 0 Å². The smallest absolute Gasteiger partial charge is 0.241 e. The van der Waals surface area contributed by atoms with E-state index in [4.69, 9.17) is 5.73 Å². The summed E-state index contributed by atoms with van der Waals surface area (Å²) in [6.07, 6.45) is 1.63. The van der Waals surface area contributed by atoms with Gasteiger partial charge in [0.05, 0.1) is 17.0 Å². The van der Waals surface area contributed by atoms with E-state index < -0.39 is 15.6 Å². The Hall–Kier alpha value is -1.11. The number of aliphatic hydroxyl groups is 1. The molecule has 6 heteroatoms. The highest BCUT2D eigenvalue weighted by molar-refractivity contribution is 7.89. The lowest BCUT2D eigenvalue weighted by atomic mass is 9.96. The Balaban J connectivity index is 3.27. The zero-order valence-corrected chi connectivity index (χ0v) is 13.1. The zero-order valence-electron chi connectivity index (χ0n) is 12.3. The summed E-state index contributed by atoms with van der Waals surface area (Å²) in [5, 5.41) is 9.52. The van der Waals surface area contributed by atoms with Crippen molar-refractivity contribution >= 4 is 15.7 Å². The molecule has 0 spiro atoms. The maximum Gasteiger partial charge on any atom is 0.241 e. The topological polar surface area (TPSA) is 92.4 Å². The summed E-state index contributed by atoms with van der Waals surface area (Å²) in [6, 6.07) is 4.88. The van der Waals surface area contributed by atoms with Gasteiger partial charge in [-0.25, -0.2) is 13.1 Å². The molecular formula is C14H24N2O3S. The zero-order chi connectivity index (χ0) is 15.4. The fraction of sp³-hybridized carbons (Fsp3) is 0.571. The first-order chi connectivity index (χ1) is 9.34. The Morgan fingerprint density at radius 1 is 1.25 bits per heavy atom. The number of rotatable bonds is 7. The first-order valence-corrected chi connectivity index (χ1v) is 8.35. The molecule has 0 radical (unpaired) electrons. The number of anilines is 1. The van der Waals surface area contributed by atoms with E-state index in [2.05, 4.69) is 4.72 Å². The third kappa shape index (κ3) is 3.50. The van der Waals surface area contributed by atoms with E-state index in [1.165, 1.54) is 6.07 Å². The number of hydrogen-bond donors (Lipinski definition) is 3. The van der Waals surface area contributed by atoms with Gasteiger partial charge >= 0.3 is 0 Å². The van der Waals surface area contributed by atoms with Gasteiger partial charge in [-0.2, -0.15) is 0 Å². The maximum absolute atomic E-state index is 12.6. The maximum atomic E-state index is 12.6. The second kappa shape index (κ2) is 6.56. The number of aliphatic hydroxyl groups excluding tert-OH is 1. The highest BCUT2D eigenvalue weighted by Gasteiger charge is 2.32. The van der Waals surface area contributed by atoms with Gasteiger partial charge in [0.1, 0.15) is 0 Å². The molecule has 0 saturated carbocycles. The van der Waals surface area contributed by atoms with Gasteiger partial charge in [0.2, 0.25) is 10.0 Å². The normalized spacial score (nSPS) is 12.6. The highest BCUT2D eigenvalue weighted by atomic mass is 32.2. The highest BCUT2D eigenvalue weighted by Crippen LogP contribution is 2.23. The Bertz CT molecular complexity index is 543. The van der Waals surface area contributed by atoms with E-state index >= 15 is 0 Å². The van der Waals surface area contributed by atoms with Crippen molar-refractivity contribution in [3.63, 3.8) is 0 Å². The third-order valence-electron chi connectivity index (χ3n) is 3.77. The molecule has 0 atom stereocenters. The molecule has 0 aliphatic carbocycles. The molecule has 5 nitrogen and oxygen atoms in total. The van der Waals surface area contributed by atoms with E-state index in [-0.39, 0.29) is 11.5 Å². The summed E-state index contributed by atoms with van der Waals surface area (Å²) in [7, 11) is -3.71. The average Bonchev–Trinajstić information content (AvgIpc) is 2.45. The van der Waals surface area contributed by atoms with Gasteiger partial charge in [0.15, 0.2) is 0 Å². The molecule has 1 aromatic rings. The van der Waals surface area contributed by atoms with Gasteiger partial charge in [-0.05, 0) is 37.0 Å². The molecule has 0 saturated heterocycles. The number of nitrogen functional groups attached to an aromatic ring is 1. The molecule has 4 N–H and O–H groups in total. The molecule has 0 unspecified atom stereocenters. The number of nitrogens with two attached hydrogens (primary N) is 1. The summed E-state index contributed by atoms with van der Waals surface area (Å²) in [5.74, 6) is 0. The Morgan fingerprint density at radius 3 is 2.30 bits per heavy atom. The molecule has 1 aromatic carbocycles. The Kier molecular flexibility index (Phi) is 5.56. The summed E-state index contributed by atoms with van der Waals surface area (Å²) in [6.45, 7) is 5.36. The molecule has 0 heterocycles. The summed E-state index contributed by atoms with van der Waals surface area (Å²) in [4.78, 5) is 0.194. The van der Waals surface area contributed by atoms with E-state index in [1.807, 2.05) is 20.8 Å². The van der Waals surface area contributed by atoms with Crippen LogP contribution < -0.4 is 10.5 Å².